The summed E-state index contributed by atoms with van der Waals surface area (Å²) in [6, 6.07) is 9.68. The number of non-ortho nitro benzene ring substituents is 1. The van der Waals surface area contributed by atoms with Gasteiger partial charge in [0.1, 0.15) is 18.5 Å². The molecule has 0 bridgehead atoms. The molecule has 0 aliphatic heterocycles. The molecule has 0 saturated heterocycles. The lowest BCUT2D eigenvalue weighted by Crippen LogP contribution is -2.30. The third-order valence-corrected chi connectivity index (χ3v) is 4.25. The zero-order valence-electron chi connectivity index (χ0n) is 15.0. The highest BCUT2D eigenvalue weighted by Gasteiger charge is 2.14. The predicted octanol–water partition coefficient (Wildman–Crippen LogP) is 2.36. The highest BCUT2D eigenvalue weighted by Crippen LogP contribution is 2.22. The number of nitro benzene ring substituents is 1. The molecular weight excluding hydrogens is 350 g/mol. The summed E-state index contributed by atoms with van der Waals surface area (Å²) in [6.07, 6.45) is 0.373. The Morgan fingerprint density at radius 1 is 1.26 bits per heavy atom. The smallest absolute Gasteiger partial charge is 0.270 e. The van der Waals surface area contributed by atoms with E-state index in [9.17, 15) is 20.0 Å². The number of rotatable bonds is 6. The molecular formula is C19H19N3O5. The van der Waals surface area contributed by atoms with Gasteiger partial charge in [-0.15, -0.1) is 0 Å². The van der Waals surface area contributed by atoms with E-state index in [1.54, 1.807) is 0 Å². The highest BCUT2D eigenvalue weighted by molar-refractivity contribution is 5.79. The van der Waals surface area contributed by atoms with Gasteiger partial charge in [-0.1, -0.05) is 18.2 Å². The van der Waals surface area contributed by atoms with Gasteiger partial charge in [-0.2, -0.15) is 0 Å². The number of hydrogen-bond donors (Lipinski definition) is 1. The van der Waals surface area contributed by atoms with Crippen LogP contribution in [0.3, 0.4) is 0 Å². The van der Waals surface area contributed by atoms with E-state index in [1.165, 1.54) is 29.1 Å². The summed E-state index contributed by atoms with van der Waals surface area (Å²) in [5, 5.41) is 21.3. The van der Waals surface area contributed by atoms with E-state index in [4.69, 9.17) is 4.74 Å². The minimum Gasteiger partial charge on any atom is -0.490 e. The number of hydrogen-bond acceptors (Lipinski definition) is 6. The van der Waals surface area contributed by atoms with Crippen LogP contribution in [0.5, 0.6) is 5.75 Å². The van der Waals surface area contributed by atoms with Gasteiger partial charge >= 0.3 is 0 Å². The van der Waals surface area contributed by atoms with Gasteiger partial charge in [0, 0.05) is 12.1 Å². The summed E-state index contributed by atoms with van der Waals surface area (Å²) in [5.41, 5.74) is 1.65. The molecule has 140 valence electrons. The summed E-state index contributed by atoms with van der Waals surface area (Å²) in [6.45, 7) is 3.80. The van der Waals surface area contributed by atoms with E-state index in [1.807, 2.05) is 32.0 Å². The molecule has 0 saturated carbocycles. The summed E-state index contributed by atoms with van der Waals surface area (Å²) in [7, 11) is 0. The van der Waals surface area contributed by atoms with Crippen LogP contribution in [0.15, 0.2) is 47.5 Å². The number of aryl methyl sites for hydroxylation is 2. The maximum Gasteiger partial charge on any atom is 0.270 e. The molecule has 1 aromatic heterocycles. The van der Waals surface area contributed by atoms with Crippen LogP contribution in [-0.4, -0.2) is 32.3 Å². The summed E-state index contributed by atoms with van der Waals surface area (Å²) >= 11 is 0. The highest BCUT2D eigenvalue weighted by atomic mass is 16.6. The minimum absolute atomic E-state index is 0.00507. The van der Waals surface area contributed by atoms with Crippen LogP contribution in [0.1, 0.15) is 11.1 Å². The van der Waals surface area contributed by atoms with E-state index in [0.717, 1.165) is 11.1 Å². The monoisotopic (exact) mass is 369 g/mol. The fraction of sp³-hybridized carbons (Fsp3) is 0.263. The first-order chi connectivity index (χ1) is 12.9. The average molecular weight is 369 g/mol. The van der Waals surface area contributed by atoms with Crippen molar-refractivity contribution in [2.75, 3.05) is 6.61 Å². The van der Waals surface area contributed by atoms with Crippen LogP contribution in [-0.2, 0) is 6.54 Å². The Labute approximate surface area is 154 Å². The number of nitro groups is 1. The molecule has 0 spiro atoms. The Bertz CT molecular complexity index is 1040. The predicted molar refractivity (Wildman–Crippen MR) is 100 cm³/mol. The maximum atomic E-state index is 12.6. The normalized spacial score (nSPS) is 12.1. The quantitative estimate of drug-likeness (QED) is 0.528. The van der Waals surface area contributed by atoms with Crippen molar-refractivity contribution in [3.8, 4) is 5.75 Å². The van der Waals surface area contributed by atoms with Crippen molar-refractivity contribution in [3.05, 3.63) is 74.3 Å². The SMILES string of the molecule is Cc1cccc(C)c1OCC(O)Cn1cnc2ccc([N+](=O)[O-])cc2c1=O. The van der Waals surface area contributed by atoms with Crippen molar-refractivity contribution in [2.24, 2.45) is 0 Å². The van der Waals surface area contributed by atoms with E-state index in [-0.39, 0.29) is 24.2 Å². The molecule has 2 aromatic carbocycles. The number of nitrogens with zero attached hydrogens (tertiary/aromatic N) is 3. The zero-order valence-corrected chi connectivity index (χ0v) is 15.0. The van der Waals surface area contributed by atoms with Crippen LogP contribution in [0.4, 0.5) is 5.69 Å². The molecule has 8 nitrogen and oxygen atoms in total. The topological polar surface area (TPSA) is 107 Å². The van der Waals surface area contributed by atoms with Crippen molar-refractivity contribution in [1.82, 2.24) is 9.55 Å². The number of aromatic nitrogens is 2. The van der Waals surface area contributed by atoms with Crippen LogP contribution in [0.25, 0.3) is 10.9 Å². The Morgan fingerprint density at radius 3 is 2.63 bits per heavy atom. The molecule has 3 aromatic rings. The van der Waals surface area contributed by atoms with Crippen molar-refractivity contribution in [3.63, 3.8) is 0 Å². The van der Waals surface area contributed by atoms with Gasteiger partial charge in [0.05, 0.1) is 28.7 Å². The molecule has 1 atom stereocenters. The van der Waals surface area contributed by atoms with Crippen molar-refractivity contribution in [2.45, 2.75) is 26.5 Å². The number of aliphatic hydroxyl groups is 1. The van der Waals surface area contributed by atoms with Crippen LogP contribution >= 0.6 is 0 Å². The molecule has 8 heteroatoms. The second kappa shape index (κ2) is 7.55. The first-order valence-electron chi connectivity index (χ1n) is 8.37. The lowest BCUT2D eigenvalue weighted by atomic mass is 10.1. The van der Waals surface area contributed by atoms with Crippen molar-refractivity contribution < 1.29 is 14.8 Å². The first-order valence-corrected chi connectivity index (χ1v) is 8.37. The standard InChI is InChI=1S/C19H19N3O5/c1-12-4-3-5-13(2)18(12)27-10-15(23)9-21-11-20-17-7-6-14(22(25)26)8-16(17)19(21)24/h3-8,11,15,23H,9-10H2,1-2H3. The average Bonchev–Trinajstić information content (AvgIpc) is 2.63. The molecule has 1 heterocycles. The Kier molecular flexibility index (Phi) is 5.18. The molecule has 27 heavy (non-hydrogen) atoms. The van der Waals surface area contributed by atoms with Gasteiger partial charge in [-0.25, -0.2) is 4.98 Å². The third kappa shape index (κ3) is 3.95. The molecule has 1 unspecified atom stereocenters. The van der Waals surface area contributed by atoms with Gasteiger partial charge in [0.25, 0.3) is 11.2 Å². The Balaban J connectivity index is 1.78. The van der Waals surface area contributed by atoms with E-state index < -0.39 is 16.6 Å². The Morgan fingerprint density at radius 2 is 1.96 bits per heavy atom. The molecule has 0 aliphatic carbocycles. The summed E-state index contributed by atoms with van der Waals surface area (Å²) in [5.74, 6) is 0.705. The number of fused-ring (bicyclic) bond motifs is 1. The van der Waals surface area contributed by atoms with Gasteiger partial charge in [-0.3, -0.25) is 19.5 Å². The third-order valence-electron chi connectivity index (χ3n) is 4.25. The van der Waals surface area contributed by atoms with Gasteiger partial charge < -0.3 is 9.84 Å². The number of para-hydroxylation sites is 1. The van der Waals surface area contributed by atoms with Crippen LogP contribution < -0.4 is 10.3 Å². The second-order valence-corrected chi connectivity index (χ2v) is 6.35. The fourth-order valence-electron chi connectivity index (χ4n) is 2.88. The van der Waals surface area contributed by atoms with Crippen molar-refractivity contribution in [1.29, 1.82) is 0 Å². The molecule has 0 amide bonds. The zero-order chi connectivity index (χ0) is 19.6. The van der Waals surface area contributed by atoms with Crippen molar-refractivity contribution >= 4 is 16.6 Å². The largest absolute Gasteiger partial charge is 0.490 e. The molecule has 0 radical (unpaired) electrons. The fourth-order valence-corrected chi connectivity index (χ4v) is 2.88. The van der Waals surface area contributed by atoms with Gasteiger partial charge in [0.15, 0.2) is 0 Å². The lowest BCUT2D eigenvalue weighted by molar-refractivity contribution is -0.384. The van der Waals surface area contributed by atoms with Gasteiger partial charge in [0.2, 0.25) is 0 Å². The second-order valence-electron chi connectivity index (χ2n) is 6.35. The minimum atomic E-state index is -0.945. The molecule has 3 rings (SSSR count). The van der Waals surface area contributed by atoms with E-state index in [0.29, 0.717) is 11.3 Å². The van der Waals surface area contributed by atoms with E-state index in [2.05, 4.69) is 4.98 Å². The molecule has 0 fully saturated rings. The summed E-state index contributed by atoms with van der Waals surface area (Å²) < 4.78 is 6.93. The molecule has 0 aliphatic rings. The van der Waals surface area contributed by atoms with Crippen LogP contribution in [0.2, 0.25) is 0 Å². The summed E-state index contributed by atoms with van der Waals surface area (Å²) in [4.78, 5) is 27.0. The van der Waals surface area contributed by atoms with E-state index >= 15 is 0 Å². The number of ether oxygens (including phenoxy) is 1. The van der Waals surface area contributed by atoms with Gasteiger partial charge in [-0.05, 0) is 31.0 Å². The molecule has 1 N–H and O–H groups in total. The lowest BCUT2D eigenvalue weighted by Gasteiger charge is -2.16. The first kappa shape index (κ1) is 18.5. The number of aliphatic hydroxyl groups excluding tert-OH is 1. The van der Waals surface area contributed by atoms with Crippen LogP contribution in [0, 0.1) is 24.0 Å². The maximum absolute atomic E-state index is 12.6. The Hall–Kier alpha value is -3.26. The number of benzene rings is 2.